The molecule has 0 aliphatic heterocycles. The molecular formula is C7H14N4. The fourth-order valence-corrected chi connectivity index (χ4v) is 1.04. The number of H-pyrrole nitrogens is 1. The highest BCUT2D eigenvalue weighted by Crippen LogP contribution is 2.17. The van der Waals surface area contributed by atoms with Crippen LogP contribution in [0, 0.1) is 6.92 Å². The number of rotatable bonds is 2. The van der Waals surface area contributed by atoms with E-state index in [2.05, 4.69) is 10.2 Å². The molecule has 0 aromatic carbocycles. The van der Waals surface area contributed by atoms with Crippen LogP contribution in [0.5, 0.6) is 0 Å². The normalized spacial score (nSPS) is 16.4. The summed E-state index contributed by atoms with van der Waals surface area (Å²) in [5.74, 6) is 0. The van der Waals surface area contributed by atoms with Crippen molar-refractivity contribution in [1.82, 2.24) is 10.2 Å². The minimum absolute atomic E-state index is 0.424. The van der Waals surface area contributed by atoms with E-state index in [9.17, 15) is 0 Å². The van der Waals surface area contributed by atoms with Gasteiger partial charge < -0.3 is 11.5 Å². The summed E-state index contributed by atoms with van der Waals surface area (Å²) in [7, 11) is 0. The van der Waals surface area contributed by atoms with Gasteiger partial charge in [-0.15, -0.1) is 0 Å². The van der Waals surface area contributed by atoms with Gasteiger partial charge in [0.05, 0.1) is 11.7 Å². The van der Waals surface area contributed by atoms with Gasteiger partial charge in [0.25, 0.3) is 0 Å². The van der Waals surface area contributed by atoms with Gasteiger partial charge in [-0.05, 0) is 13.8 Å². The van der Waals surface area contributed by atoms with E-state index in [1.54, 1.807) is 6.20 Å². The maximum atomic E-state index is 5.90. The summed E-state index contributed by atoms with van der Waals surface area (Å²) in [4.78, 5) is 0. The van der Waals surface area contributed by atoms with Gasteiger partial charge in [0.15, 0.2) is 0 Å². The SMILES string of the molecule is Cc1[nH]ncc1C(C)(N)CN. The highest BCUT2D eigenvalue weighted by atomic mass is 15.1. The maximum absolute atomic E-state index is 5.90. The van der Waals surface area contributed by atoms with Crippen LogP contribution in [0.4, 0.5) is 0 Å². The van der Waals surface area contributed by atoms with E-state index in [-0.39, 0.29) is 0 Å². The minimum atomic E-state index is -0.461. The standard InChI is InChI=1S/C7H14N4/c1-5-6(3-10-11-5)7(2,9)4-8/h3H,4,8-9H2,1-2H3,(H,10,11). The summed E-state index contributed by atoms with van der Waals surface area (Å²) in [6, 6.07) is 0. The number of aromatic amines is 1. The Morgan fingerprint density at radius 1 is 1.73 bits per heavy atom. The van der Waals surface area contributed by atoms with Gasteiger partial charge in [-0.2, -0.15) is 5.10 Å². The summed E-state index contributed by atoms with van der Waals surface area (Å²) < 4.78 is 0. The lowest BCUT2D eigenvalue weighted by Crippen LogP contribution is -2.41. The highest BCUT2D eigenvalue weighted by molar-refractivity contribution is 5.24. The number of nitrogens with zero attached hydrogens (tertiary/aromatic N) is 1. The van der Waals surface area contributed by atoms with E-state index < -0.39 is 5.54 Å². The summed E-state index contributed by atoms with van der Waals surface area (Å²) in [6.45, 7) is 4.25. The molecule has 0 bridgehead atoms. The second kappa shape index (κ2) is 2.64. The lowest BCUT2D eigenvalue weighted by atomic mass is 9.94. The zero-order valence-electron chi connectivity index (χ0n) is 6.89. The Hall–Kier alpha value is -0.870. The molecule has 1 heterocycles. The average Bonchev–Trinajstić information content (AvgIpc) is 2.36. The third-order valence-corrected chi connectivity index (χ3v) is 1.87. The number of nitrogens with one attached hydrogen (secondary N) is 1. The molecule has 0 saturated carbocycles. The van der Waals surface area contributed by atoms with Gasteiger partial charge in [0, 0.05) is 17.8 Å². The van der Waals surface area contributed by atoms with Gasteiger partial charge >= 0.3 is 0 Å². The van der Waals surface area contributed by atoms with Gasteiger partial charge in [0.1, 0.15) is 0 Å². The first-order chi connectivity index (χ1) is 5.08. The number of aryl methyl sites for hydroxylation is 1. The van der Waals surface area contributed by atoms with Crippen molar-refractivity contribution in [1.29, 1.82) is 0 Å². The Kier molecular flexibility index (Phi) is 1.97. The van der Waals surface area contributed by atoms with Gasteiger partial charge in [-0.3, -0.25) is 5.10 Å². The predicted molar refractivity (Wildman–Crippen MR) is 43.9 cm³/mol. The van der Waals surface area contributed by atoms with Crippen molar-refractivity contribution < 1.29 is 0 Å². The van der Waals surface area contributed by atoms with Crippen LogP contribution in [0.2, 0.25) is 0 Å². The fraction of sp³-hybridized carbons (Fsp3) is 0.571. The molecule has 1 aromatic heterocycles. The van der Waals surface area contributed by atoms with Crippen LogP contribution in [0.25, 0.3) is 0 Å². The number of hydrogen-bond donors (Lipinski definition) is 3. The summed E-state index contributed by atoms with van der Waals surface area (Å²) in [5.41, 5.74) is 12.9. The largest absolute Gasteiger partial charge is 0.328 e. The van der Waals surface area contributed by atoms with Crippen molar-refractivity contribution in [2.75, 3.05) is 6.54 Å². The second-order valence-corrected chi connectivity index (χ2v) is 3.03. The van der Waals surface area contributed by atoms with Crippen molar-refractivity contribution in [3.63, 3.8) is 0 Å². The van der Waals surface area contributed by atoms with Crippen LogP contribution in [-0.4, -0.2) is 16.7 Å². The molecular weight excluding hydrogens is 140 g/mol. The van der Waals surface area contributed by atoms with E-state index in [0.29, 0.717) is 6.54 Å². The van der Waals surface area contributed by atoms with E-state index >= 15 is 0 Å². The Balaban J connectivity index is 3.00. The smallest absolute Gasteiger partial charge is 0.0541 e. The number of nitrogens with two attached hydrogens (primary N) is 2. The zero-order valence-corrected chi connectivity index (χ0v) is 6.89. The molecule has 0 fully saturated rings. The van der Waals surface area contributed by atoms with Gasteiger partial charge in [0.2, 0.25) is 0 Å². The van der Waals surface area contributed by atoms with Crippen LogP contribution < -0.4 is 11.5 Å². The molecule has 0 spiro atoms. The van der Waals surface area contributed by atoms with E-state index in [1.807, 2.05) is 13.8 Å². The second-order valence-electron chi connectivity index (χ2n) is 3.03. The first-order valence-electron chi connectivity index (χ1n) is 3.57. The minimum Gasteiger partial charge on any atom is -0.328 e. The lowest BCUT2D eigenvalue weighted by molar-refractivity contribution is 0.505. The van der Waals surface area contributed by atoms with Crippen LogP contribution in [0.15, 0.2) is 6.20 Å². The molecule has 0 aliphatic rings. The van der Waals surface area contributed by atoms with Crippen molar-refractivity contribution >= 4 is 0 Å². The van der Waals surface area contributed by atoms with Crippen molar-refractivity contribution in [2.24, 2.45) is 11.5 Å². The van der Waals surface area contributed by atoms with E-state index in [1.165, 1.54) is 0 Å². The Morgan fingerprint density at radius 3 is 2.73 bits per heavy atom. The Labute approximate surface area is 66.0 Å². The third kappa shape index (κ3) is 1.41. The molecule has 5 N–H and O–H groups in total. The number of hydrogen-bond acceptors (Lipinski definition) is 3. The molecule has 1 rings (SSSR count). The number of aromatic nitrogens is 2. The molecule has 0 saturated heterocycles. The average molecular weight is 154 g/mol. The summed E-state index contributed by atoms with van der Waals surface area (Å²) in [5, 5.41) is 6.70. The van der Waals surface area contributed by atoms with E-state index in [4.69, 9.17) is 11.5 Å². The van der Waals surface area contributed by atoms with Crippen LogP contribution in [0.1, 0.15) is 18.2 Å². The van der Waals surface area contributed by atoms with Gasteiger partial charge in [-0.25, -0.2) is 0 Å². The zero-order chi connectivity index (χ0) is 8.48. The van der Waals surface area contributed by atoms with Gasteiger partial charge in [-0.1, -0.05) is 0 Å². The molecule has 4 heteroatoms. The van der Waals surface area contributed by atoms with Crippen molar-refractivity contribution in [3.05, 3.63) is 17.5 Å². The molecule has 4 nitrogen and oxygen atoms in total. The van der Waals surface area contributed by atoms with Crippen molar-refractivity contribution in [3.8, 4) is 0 Å². The highest BCUT2D eigenvalue weighted by Gasteiger charge is 2.22. The maximum Gasteiger partial charge on any atom is 0.0541 e. The molecule has 11 heavy (non-hydrogen) atoms. The quantitative estimate of drug-likeness (QED) is 0.554. The molecule has 62 valence electrons. The Morgan fingerprint density at radius 2 is 2.36 bits per heavy atom. The third-order valence-electron chi connectivity index (χ3n) is 1.87. The lowest BCUT2D eigenvalue weighted by Gasteiger charge is -2.21. The summed E-state index contributed by atoms with van der Waals surface area (Å²) in [6.07, 6.45) is 1.72. The van der Waals surface area contributed by atoms with Crippen LogP contribution in [-0.2, 0) is 5.54 Å². The summed E-state index contributed by atoms with van der Waals surface area (Å²) >= 11 is 0. The molecule has 0 aliphatic carbocycles. The molecule has 1 atom stereocenters. The van der Waals surface area contributed by atoms with Crippen LogP contribution >= 0.6 is 0 Å². The topological polar surface area (TPSA) is 80.7 Å². The van der Waals surface area contributed by atoms with Crippen LogP contribution in [0.3, 0.4) is 0 Å². The van der Waals surface area contributed by atoms with E-state index in [0.717, 1.165) is 11.3 Å². The molecule has 0 amide bonds. The molecule has 1 unspecified atom stereocenters. The molecule has 0 radical (unpaired) electrons. The molecule has 1 aromatic rings. The Bertz CT molecular complexity index is 238. The first kappa shape index (κ1) is 8.23. The predicted octanol–water partition coefficient (Wildman–Crippen LogP) is -0.149. The monoisotopic (exact) mass is 154 g/mol. The fourth-order valence-electron chi connectivity index (χ4n) is 1.04. The van der Waals surface area contributed by atoms with Crippen molar-refractivity contribution in [2.45, 2.75) is 19.4 Å². The first-order valence-corrected chi connectivity index (χ1v) is 3.57.